The molecule has 0 aliphatic heterocycles. The van der Waals surface area contributed by atoms with Crippen LogP contribution in [0.25, 0.3) is 16.8 Å². The molecule has 0 saturated carbocycles. The van der Waals surface area contributed by atoms with E-state index in [0.717, 1.165) is 28.8 Å². The highest BCUT2D eigenvalue weighted by atomic mass is 14.7. The summed E-state index contributed by atoms with van der Waals surface area (Å²) in [6.07, 6.45) is 7.70. The van der Waals surface area contributed by atoms with E-state index in [1.165, 1.54) is 27.8 Å². The number of fused-ring (bicyclic) bond motifs is 3. The van der Waals surface area contributed by atoms with Gasteiger partial charge in [0, 0.05) is 11.9 Å². The number of nitrogens with zero attached hydrogens (tertiary/aromatic N) is 1. The highest BCUT2D eigenvalue weighted by molar-refractivity contribution is 5.86. The van der Waals surface area contributed by atoms with Crippen LogP contribution >= 0.6 is 0 Å². The lowest BCUT2D eigenvalue weighted by Gasteiger charge is -2.34. The van der Waals surface area contributed by atoms with E-state index in [4.69, 9.17) is 5.73 Å². The Morgan fingerprint density at radius 3 is 1.77 bits per heavy atom. The van der Waals surface area contributed by atoms with E-state index in [1.807, 2.05) is 60.8 Å². The van der Waals surface area contributed by atoms with E-state index in [2.05, 4.69) is 116 Å². The molecule has 0 unspecified atom stereocenters. The Bertz CT molecular complexity index is 1730. The molecule has 210 valence electrons. The lowest BCUT2D eigenvalue weighted by atomic mass is 9.67. The van der Waals surface area contributed by atoms with Gasteiger partial charge in [0.2, 0.25) is 0 Å². The minimum Gasteiger partial charge on any atom is -0.399 e. The van der Waals surface area contributed by atoms with Gasteiger partial charge < -0.3 is 5.73 Å². The number of hydrogen-bond donors (Lipinski definition) is 1. The van der Waals surface area contributed by atoms with Crippen molar-refractivity contribution in [2.24, 2.45) is 10.7 Å². The molecule has 43 heavy (non-hydrogen) atoms. The van der Waals surface area contributed by atoms with E-state index in [0.29, 0.717) is 5.70 Å². The minimum absolute atomic E-state index is 0.457. The zero-order chi connectivity index (χ0) is 30.1. The van der Waals surface area contributed by atoms with E-state index in [1.54, 1.807) is 6.08 Å². The van der Waals surface area contributed by atoms with Crippen LogP contribution in [0.5, 0.6) is 0 Å². The van der Waals surface area contributed by atoms with Crippen molar-refractivity contribution < 1.29 is 0 Å². The molecule has 0 atom stereocenters. The van der Waals surface area contributed by atoms with Crippen LogP contribution in [0.1, 0.15) is 33.4 Å². The molecule has 0 radical (unpaired) electrons. The quantitative estimate of drug-likeness (QED) is 0.150. The molecule has 5 aromatic carbocycles. The largest absolute Gasteiger partial charge is 0.399 e. The van der Waals surface area contributed by atoms with Crippen molar-refractivity contribution in [1.29, 1.82) is 0 Å². The first-order valence-electron chi connectivity index (χ1n) is 14.4. The number of hydrogen-bond acceptors (Lipinski definition) is 2. The Hall–Kier alpha value is -5.47. The Labute approximate surface area is 255 Å². The number of nitrogens with two attached hydrogens (primary N) is 1. The molecule has 0 spiro atoms. The van der Waals surface area contributed by atoms with Gasteiger partial charge >= 0.3 is 0 Å². The molecule has 6 rings (SSSR count). The molecular formula is C41H36N2. The molecule has 0 fully saturated rings. The summed E-state index contributed by atoms with van der Waals surface area (Å²) in [5.74, 6) is 0. The fourth-order valence-electron chi connectivity index (χ4n) is 5.70. The standard InChI is InChI=1S/C27H23N.C14H13N/c1-4-5-10-19(2)27(22-17-15-21(16-18-22)20(3)28)25-13-8-6-11-23(25)24-12-7-9-14-26(24)27;1-3-7-13(8-4-1)11-15-12-14-9-5-2-6-10-14/h4-18H,1-3,28H2;1-11H,12H2/b10-5-;. The van der Waals surface area contributed by atoms with Crippen LogP contribution in [0, 0.1) is 0 Å². The van der Waals surface area contributed by atoms with Crippen LogP contribution in [0.4, 0.5) is 0 Å². The highest BCUT2D eigenvalue weighted by Crippen LogP contribution is 2.56. The molecule has 1 aliphatic carbocycles. The smallest absolute Gasteiger partial charge is 0.0707 e. The number of aliphatic imine (C=N–C) groups is 1. The fourth-order valence-corrected chi connectivity index (χ4v) is 5.70. The second-order valence-electron chi connectivity index (χ2n) is 10.4. The maximum Gasteiger partial charge on any atom is 0.0707 e. The van der Waals surface area contributed by atoms with Crippen molar-refractivity contribution in [3.05, 3.63) is 210 Å². The molecule has 1 aliphatic rings. The molecule has 0 bridgehead atoms. The molecule has 5 aromatic rings. The maximum absolute atomic E-state index is 5.89. The second kappa shape index (κ2) is 13.5. The lowest BCUT2D eigenvalue weighted by molar-refractivity contribution is 0.770. The van der Waals surface area contributed by atoms with Crippen molar-refractivity contribution in [1.82, 2.24) is 0 Å². The molecule has 2 N–H and O–H groups in total. The Morgan fingerprint density at radius 2 is 1.21 bits per heavy atom. The first-order valence-corrected chi connectivity index (χ1v) is 14.4. The van der Waals surface area contributed by atoms with Crippen LogP contribution in [0.15, 0.2) is 182 Å². The van der Waals surface area contributed by atoms with Gasteiger partial charge in [-0.15, -0.1) is 0 Å². The first-order chi connectivity index (χ1) is 21.1. The van der Waals surface area contributed by atoms with Gasteiger partial charge in [0.05, 0.1) is 12.0 Å². The van der Waals surface area contributed by atoms with Crippen LogP contribution in [0.2, 0.25) is 0 Å². The third-order valence-electron chi connectivity index (χ3n) is 7.71. The Balaban J connectivity index is 0.000000207. The lowest BCUT2D eigenvalue weighted by Crippen LogP contribution is -2.28. The van der Waals surface area contributed by atoms with Gasteiger partial charge in [-0.2, -0.15) is 0 Å². The summed E-state index contributed by atoms with van der Waals surface area (Å²) >= 11 is 0. The monoisotopic (exact) mass is 556 g/mol. The summed E-state index contributed by atoms with van der Waals surface area (Å²) < 4.78 is 0. The van der Waals surface area contributed by atoms with Gasteiger partial charge in [0.25, 0.3) is 0 Å². The predicted molar refractivity (Wildman–Crippen MR) is 184 cm³/mol. The van der Waals surface area contributed by atoms with Crippen molar-refractivity contribution in [2.75, 3.05) is 0 Å². The number of benzene rings is 5. The third kappa shape index (κ3) is 6.10. The van der Waals surface area contributed by atoms with E-state index >= 15 is 0 Å². The summed E-state index contributed by atoms with van der Waals surface area (Å²) in [6.45, 7) is 12.9. The SMILES string of the molecule is C(=NCc1ccccc1)c1ccccc1.C=C/C=C\C(=C)C1(c2ccc(C(=C)N)cc2)c2ccccc2-c2ccccc21. The topological polar surface area (TPSA) is 38.4 Å². The third-order valence-corrected chi connectivity index (χ3v) is 7.71. The van der Waals surface area contributed by atoms with Crippen molar-refractivity contribution in [3.63, 3.8) is 0 Å². The molecule has 0 amide bonds. The molecule has 0 saturated heterocycles. The van der Waals surface area contributed by atoms with E-state index < -0.39 is 5.41 Å². The average molecular weight is 557 g/mol. The van der Waals surface area contributed by atoms with Gasteiger partial charge in [-0.1, -0.05) is 171 Å². The first kappa shape index (κ1) is 29.0. The molecule has 0 aromatic heterocycles. The van der Waals surface area contributed by atoms with Gasteiger partial charge in [0.15, 0.2) is 0 Å². The minimum atomic E-state index is -0.457. The van der Waals surface area contributed by atoms with Crippen LogP contribution in [0.3, 0.4) is 0 Å². The summed E-state index contributed by atoms with van der Waals surface area (Å²) in [5.41, 5.74) is 16.5. The van der Waals surface area contributed by atoms with Crippen LogP contribution in [-0.2, 0) is 12.0 Å². The van der Waals surface area contributed by atoms with E-state index in [9.17, 15) is 0 Å². The summed E-state index contributed by atoms with van der Waals surface area (Å²) in [5, 5.41) is 0. The molecule has 2 heteroatoms. The van der Waals surface area contributed by atoms with Crippen molar-refractivity contribution in [2.45, 2.75) is 12.0 Å². The van der Waals surface area contributed by atoms with Crippen LogP contribution < -0.4 is 5.73 Å². The number of allylic oxidation sites excluding steroid dienone is 4. The van der Waals surface area contributed by atoms with Gasteiger partial charge in [0.1, 0.15) is 0 Å². The van der Waals surface area contributed by atoms with Gasteiger partial charge in [-0.3, -0.25) is 4.99 Å². The summed E-state index contributed by atoms with van der Waals surface area (Å²) in [7, 11) is 0. The van der Waals surface area contributed by atoms with Crippen molar-refractivity contribution in [3.8, 4) is 11.1 Å². The number of rotatable bonds is 8. The molecular weight excluding hydrogens is 520 g/mol. The fraction of sp³-hybridized carbons (Fsp3) is 0.0488. The Morgan fingerprint density at radius 1 is 0.674 bits per heavy atom. The van der Waals surface area contributed by atoms with E-state index in [-0.39, 0.29) is 0 Å². The normalized spacial score (nSPS) is 12.7. The highest BCUT2D eigenvalue weighted by Gasteiger charge is 2.45. The molecule has 0 heterocycles. The van der Waals surface area contributed by atoms with Crippen molar-refractivity contribution >= 4 is 11.9 Å². The van der Waals surface area contributed by atoms with Crippen LogP contribution in [-0.4, -0.2) is 6.21 Å². The second-order valence-corrected chi connectivity index (χ2v) is 10.4. The molecule has 2 nitrogen and oxygen atoms in total. The average Bonchev–Trinajstić information content (AvgIpc) is 3.36. The van der Waals surface area contributed by atoms with Gasteiger partial charge in [-0.25, -0.2) is 0 Å². The Kier molecular flexibility index (Phi) is 9.09. The zero-order valence-electron chi connectivity index (χ0n) is 24.4. The summed E-state index contributed by atoms with van der Waals surface area (Å²) in [6, 6.07) is 45.9. The summed E-state index contributed by atoms with van der Waals surface area (Å²) in [4.78, 5) is 4.39. The zero-order valence-corrected chi connectivity index (χ0v) is 24.4. The maximum atomic E-state index is 5.89. The van der Waals surface area contributed by atoms with Gasteiger partial charge in [-0.05, 0) is 50.1 Å². The predicted octanol–water partition coefficient (Wildman–Crippen LogP) is 9.53.